The van der Waals surface area contributed by atoms with Crippen LogP contribution < -0.4 is 29.0 Å². The quantitative estimate of drug-likeness (QED) is 0.227. The Kier molecular flexibility index (Phi) is 8.00. The zero-order chi connectivity index (χ0) is 29.8. The number of aromatic nitrogens is 1. The van der Waals surface area contributed by atoms with Gasteiger partial charge in [0, 0.05) is 29.6 Å². The van der Waals surface area contributed by atoms with Crippen molar-refractivity contribution in [1.29, 1.82) is 0 Å². The minimum absolute atomic E-state index is 0.0794. The van der Waals surface area contributed by atoms with E-state index in [9.17, 15) is 19.5 Å². The van der Waals surface area contributed by atoms with E-state index in [0.717, 1.165) is 16.5 Å². The van der Waals surface area contributed by atoms with Crippen molar-refractivity contribution in [1.82, 2.24) is 10.3 Å². The summed E-state index contributed by atoms with van der Waals surface area (Å²) in [6.07, 6.45) is 3.39. The van der Waals surface area contributed by atoms with Crippen LogP contribution in [0.4, 0.5) is 0 Å². The summed E-state index contributed by atoms with van der Waals surface area (Å²) in [5.41, 5.74) is 2.57. The number of H-pyrrole nitrogens is 1. The first kappa shape index (κ1) is 28.1. The van der Waals surface area contributed by atoms with Gasteiger partial charge in [0.05, 0.1) is 26.9 Å². The standard InChI is InChI=1S/C31H28N2O9/c1-38-26-11-17(12-27(39-2)30(26)40-3)10-25-29(35)21-9-8-19(14-24(21)42-25)41-16-28(34)33-23(31(36)37)13-18-15-32-22-7-5-4-6-20(18)22/h4-12,14-15,23,32H,13,16H2,1-3H3,(H,33,34)(H,36,37). The minimum Gasteiger partial charge on any atom is -0.493 e. The number of ether oxygens (including phenoxy) is 5. The summed E-state index contributed by atoms with van der Waals surface area (Å²) < 4.78 is 27.5. The second kappa shape index (κ2) is 12.0. The molecule has 5 rings (SSSR count). The van der Waals surface area contributed by atoms with Crippen molar-refractivity contribution in [2.75, 3.05) is 27.9 Å². The molecule has 0 saturated carbocycles. The van der Waals surface area contributed by atoms with Gasteiger partial charge in [0.25, 0.3) is 5.91 Å². The number of aliphatic carboxylic acids is 1. The molecule has 0 spiro atoms. The first-order valence-corrected chi connectivity index (χ1v) is 12.9. The number of ketones is 1. The van der Waals surface area contributed by atoms with Gasteiger partial charge < -0.3 is 39.1 Å². The van der Waals surface area contributed by atoms with E-state index in [0.29, 0.717) is 28.4 Å². The second-order valence-corrected chi connectivity index (χ2v) is 9.37. The largest absolute Gasteiger partial charge is 0.493 e. The van der Waals surface area contributed by atoms with Crippen molar-refractivity contribution in [2.45, 2.75) is 12.5 Å². The van der Waals surface area contributed by atoms with E-state index in [2.05, 4.69) is 10.3 Å². The molecule has 1 aliphatic rings. The lowest BCUT2D eigenvalue weighted by Gasteiger charge is -2.15. The Labute approximate surface area is 240 Å². The van der Waals surface area contributed by atoms with Crippen molar-refractivity contribution >= 4 is 34.6 Å². The number of aromatic amines is 1. The highest BCUT2D eigenvalue weighted by Crippen LogP contribution is 2.40. The van der Waals surface area contributed by atoms with Gasteiger partial charge in [-0.2, -0.15) is 0 Å². The molecule has 4 aromatic rings. The number of methoxy groups -OCH3 is 3. The zero-order valence-corrected chi connectivity index (χ0v) is 23.1. The fraction of sp³-hybridized carbons (Fsp3) is 0.194. The number of hydrogen-bond acceptors (Lipinski definition) is 8. The van der Waals surface area contributed by atoms with Gasteiger partial charge in [0.2, 0.25) is 11.5 Å². The Bertz CT molecular complexity index is 1680. The number of amides is 1. The number of benzene rings is 3. The third-order valence-electron chi connectivity index (χ3n) is 6.73. The molecule has 11 nitrogen and oxygen atoms in total. The predicted molar refractivity (Wildman–Crippen MR) is 153 cm³/mol. The number of nitrogens with one attached hydrogen (secondary N) is 2. The van der Waals surface area contributed by atoms with E-state index in [4.69, 9.17) is 23.7 Å². The Balaban J connectivity index is 1.24. The van der Waals surface area contributed by atoms with Gasteiger partial charge in [-0.3, -0.25) is 9.59 Å². The maximum Gasteiger partial charge on any atom is 0.326 e. The second-order valence-electron chi connectivity index (χ2n) is 9.37. The van der Waals surface area contributed by atoms with Crippen LogP contribution in [0, 0.1) is 0 Å². The molecule has 2 heterocycles. The number of allylic oxidation sites excluding steroid dienone is 1. The Morgan fingerprint density at radius 2 is 1.76 bits per heavy atom. The van der Waals surface area contributed by atoms with Crippen molar-refractivity contribution in [3.05, 3.63) is 83.2 Å². The molecular weight excluding hydrogens is 544 g/mol. The average Bonchev–Trinajstić information content (AvgIpc) is 3.54. The van der Waals surface area contributed by atoms with Gasteiger partial charge in [-0.1, -0.05) is 18.2 Å². The fourth-order valence-corrected chi connectivity index (χ4v) is 4.70. The van der Waals surface area contributed by atoms with Gasteiger partial charge in [-0.15, -0.1) is 0 Å². The molecule has 0 saturated heterocycles. The molecule has 1 aliphatic heterocycles. The lowest BCUT2D eigenvalue weighted by Crippen LogP contribution is -2.44. The van der Waals surface area contributed by atoms with Crippen LogP contribution >= 0.6 is 0 Å². The summed E-state index contributed by atoms with van der Waals surface area (Å²) in [5, 5.41) is 13.1. The number of carbonyl (C=O) groups excluding carboxylic acids is 2. The van der Waals surface area contributed by atoms with Gasteiger partial charge in [-0.05, 0) is 47.5 Å². The summed E-state index contributed by atoms with van der Waals surface area (Å²) in [6, 6.07) is 14.3. The molecule has 0 bridgehead atoms. The molecule has 42 heavy (non-hydrogen) atoms. The Morgan fingerprint density at radius 3 is 2.45 bits per heavy atom. The smallest absolute Gasteiger partial charge is 0.326 e. The van der Waals surface area contributed by atoms with Crippen molar-refractivity contribution in [3.63, 3.8) is 0 Å². The predicted octanol–water partition coefficient (Wildman–Crippen LogP) is 4.00. The van der Waals surface area contributed by atoms with Crippen LogP contribution in [-0.4, -0.2) is 61.7 Å². The lowest BCUT2D eigenvalue weighted by atomic mass is 10.1. The maximum absolute atomic E-state index is 13.0. The fourth-order valence-electron chi connectivity index (χ4n) is 4.70. The molecule has 11 heteroatoms. The summed E-state index contributed by atoms with van der Waals surface area (Å²) in [5.74, 6) is -0.219. The summed E-state index contributed by atoms with van der Waals surface area (Å²) >= 11 is 0. The third kappa shape index (κ3) is 5.71. The lowest BCUT2D eigenvalue weighted by molar-refractivity contribution is -0.142. The highest BCUT2D eigenvalue weighted by Gasteiger charge is 2.28. The molecule has 0 fully saturated rings. The van der Waals surface area contributed by atoms with E-state index in [1.54, 1.807) is 24.4 Å². The van der Waals surface area contributed by atoms with Gasteiger partial charge >= 0.3 is 5.97 Å². The number of hydrogen-bond donors (Lipinski definition) is 3. The first-order chi connectivity index (χ1) is 20.3. The molecule has 0 radical (unpaired) electrons. The van der Waals surface area contributed by atoms with E-state index in [-0.39, 0.29) is 29.5 Å². The number of rotatable bonds is 11. The molecule has 1 unspecified atom stereocenters. The molecule has 3 aromatic carbocycles. The Morgan fingerprint density at radius 1 is 1.02 bits per heavy atom. The van der Waals surface area contributed by atoms with Gasteiger partial charge in [0.1, 0.15) is 17.5 Å². The van der Waals surface area contributed by atoms with Crippen molar-refractivity contribution in [2.24, 2.45) is 0 Å². The number of fused-ring (bicyclic) bond motifs is 2. The molecule has 1 amide bonds. The summed E-state index contributed by atoms with van der Waals surface area (Å²) in [7, 11) is 4.49. The van der Waals surface area contributed by atoms with Gasteiger partial charge in [0.15, 0.2) is 23.9 Å². The number of para-hydroxylation sites is 1. The van der Waals surface area contributed by atoms with Crippen molar-refractivity contribution in [3.8, 4) is 28.7 Å². The zero-order valence-electron chi connectivity index (χ0n) is 23.1. The molecule has 1 atom stereocenters. The van der Waals surface area contributed by atoms with Crippen LogP contribution in [-0.2, 0) is 16.0 Å². The third-order valence-corrected chi connectivity index (χ3v) is 6.73. The van der Waals surface area contributed by atoms with E-state index in [1.807, 2.05) is 24.3 Å². The Hall–Kier alpha value is -5.45. The van der Waals surface area contributed by atoms with Crippen LogP contribution in [0.1, 0.15) is 21.5 Å². The molecular formula is C31H28N2O9. The number of carbonyl (C=O) groups is 3. The van der Waals surface area contributed by atoms with E-state index < -0.39 is 24.5 Å². The van der Waals surface area contributed by atoms with Gasteiger partial charge in [-0.25, -0.2) is 4.79 Å². The normalized spacial score (nSPS) is 13.8. The number of carboxylic acid groups (broad SMARTS) is 1. The highest BCUT2D eigenvalue weighted by molar-refractivity contribution is 6.14. The van der Waals surface area contributed by atoms with Crippen LogP contribution in [0.15, 0.2) is 66.6 Å². The molecule has 216 valence electrons. The maximum atomic E-state index is 13.0. The highest BCUT2D eigenvalue weighted by atomic mass is 16.5. The van der Waals surface area contributed by atoms with Crippen LogP contribution in [0.3, 0.4) is 0 Å². The van der Waals surface area contributed by atoms with Crippen LogP contribution in [0.5, 0.6) is 28.7 Å². The number of Topliss-reactive ketones (excluding diaryl/α,β-unsaturated/α-hetero) is 1. The number of carboxylic acids is 1. The van der Waals surface area contributed by atoms with Crippen LogP contribution in [0.2, 0.25) is 0 Å². The van der Waals surface area contributed by atoms with Crippen molar-refractivity contribution < 1.29 is 43.2 Å². The van der Waals surface area contributed by atoms with E-state index >= 15 is 0 Å². The summed E-state index contributed by atoms with van der Waals surface area (Å²) in [4.78, 5) is 40.5. The molecule has 0 aliphatic carbocycles. The first-order valence-electron chi connectivity index (χ1n) is 12.9. The van der Waals surface area contributed by atoms with E-state index in [1.165, 1.54) is 39.5 Å². The summed E-state index contributed by atoms with van der Waals surface area (Å²) in [6.45, 7) is -0.432. The average molecular weight is 573 g/mol. The molecule has 3 N–H and O–H groups in total. The molecule has 1 aromatic heterocycles. The monoisotopic (exact) mass is 572 g/mol. The SMILES string of the molecule is COc1cc(C=C2Oc3cc(OCC(=O)NC(Cc4c[nH]c5ccccc45)C(=O)O)ccc3C2=O)cc(OC)c1OC. The minimum atomic E-state index is -1.16. The topological polar surface area (TPSA) is 145 Å². The van der Waals surface area contributed by atoms with Crippen LogP contribution in [0.25, 0.3) is 17.0 Å².